The Morgan fingerprint density at radius 3 is 2.50 bits per heavy atom. The molecule has 2 aliphatic rings. The number of benzene rings is 2. The van der Waals surface area contributed by atoms with Crippen molar-refractivity contribution in [3.63, 3.8) is 0 Å². The van der Waals surface area contributed by atoms with Crippen molar-refractivity contribution in [1.82, 2.24) is 15.1 Å². The molecule has 4 rings (SSSR count). The molecule has 0 spiro atoms. The Kier molecular flexibility index (Phi) is 6.55. The predicted octanol–water partition coefficient (Wildman–Crippen LogP) is 2.92. The number of rotatable bonds is 5. The van der Waals surface area contributed by atoms with Gasteiger partial charge in [-0.15, -0.1) is 4.40 Å². The van der Waals surface area contributed by atoms with Crippen molar-refractivity contribution in [3.8, 4) is 0 Å². The molecule has 1 N–H and O–H groups in total. The van der Waals surface area contributed by atoms with Crippen molar-refractivity contribution in [3.05, 3.63) is 64.7 Å². The summed E-state index contributed by atoms with van der Waals surface area (Å²) in [4.78, 5) is 17.1. The molecule has 2 aromatic rings. The van der Waals surface area contributed by atoms with Gasteiger partial charge in [0, 0.05) is 36.1 Å². The molecular formula is C23H27ClN4O3S. The zero-order chi connectivity index (χ0) is 22.9. The normalized spacial score (nSPS) is 18.9. The SMILES string of the molecule is CN(C)[C@@H](CNC(=O)C1CCN(C2=NS(=O)(=O)c3ccccc32)CC1)c1ccccc1Cl. The number of hydrogen-bond donors (Lipinski definition) is 1. The van der Waals surface area contributed by atoms with Crippen LogP contribution in [-0.4, -0.2) is 63.7 Å². The van der Waals surface area contributed by atoms with Crippen molar-refractivity contribution < 1.29 is 13.2 Å². The first-order valence-corrected chi connectivity index (χ1v) is 12.5. The highest BCUT2D eigenvalue weighted by molar-refractivity contribution is 7.90. The maximum atomic E-state index is 12.9. The van der Waals surface area contributed by atoms with Crippen molar-refractivity contribution >= 4 is 33.4 Å². The summed E-state index contributed by atoms with van der Waals surface area (Å²) in [5.74, 6) is 0.393. The Bertz CT molecular complexity index is 1140. The number of halogens is 1. The summed E-state index contributed by atoms with van der Waals surface area (Å²) >= 11 is 6.36. The predicted molar refractivity (Wildman–Crippen MR) is 125 cm³/mol. The third-order valence-electron chi connectivity index (χ3n) is 6.14. The van der Waals surface area contributed by atoms with E-state index < -0.39 is 10.0 Å². The van der Waals surface area contributed by atoms with E-state index in [2.05, 4.69) is 9.71 Å². The van der Waals surface area contributed by atoms with E-state index in [0.29, 0.717) is 48.9 Å². The van der Waals surface area contributed by atoms with Gasteiger partial charge in [0.05, 0.1) is 6.04 Å². The molecule has 1 atom stereocenters. The highest BCUT2D eigenvalue weighted by atomic mass is 35.5. The fourth-order valence-electron chi connectivity index (χ4n) is 4.33. The van der Waals surface area contributed by atoms with E-state index in [-0.39, 0.29) is 22.8 Å². The number of likely N-dealkylation sites (tertiary alicyclic amines) is 1. The van der Waals surface area contributed by atoms with E-state index in [9.17, 15) is 13.2 Å². The van der Waals surface area contributed by atoms with Gasteiger partial charge < -0.3 is 15.1 Å². The molecule has 0 saturated carbocycles. The number of likely N-dealkylation sites (N-methyl/N-ethyl adjacent to an activating group) is 1. The van der Waals surface area contributed by atoms with Crippen molar-refractivity contribution in [2.24, 2.45) is 10.3 Å². The summed E-state index contributed by atoms with van der Waals surface area (Å²) in [5, 5.41) is 3.77. The smallest absolute Gasteiger partial charge is 0.285 e. The van der Waals surface area contributed by atoms with Gasteiger partial charge in [0.25, 0.3) is 10.0 Å². The fraction of sp³-hybridized carbons (Fsp3) is 0.391. The molecule has 0 aliphatic carbocycles. The molecule has 0 unspecified atom stereocenters. The molecule has 1 fully saturated rings. The van der Waals surface area contributed by atoms with Gasteiger partial charge in [-0.2, -0.15) is 8.42 Å². The van der Waals surface area contributed by atoms with Gasteiger partial charge in [-0.3, -0.25) is 4.79 Å². The monoisotopic (exact) mass is 474 g/mol. The largest absolute Gasteiger partial charge is 0.355 e. The van der Waals surface area contributed by atoms with Crippen LogP contribution in [-0.2, 0) is 14.8 Å². The van der Waals surface area contributed by atoms with Crippen LogP contribution in [0.15, 0.2) is 57.8 Å². The number of amides is 1. The van der Waals surface area contributed by atoms with Gasteiger partial charge in [0.1, 0.15) is 4.90 Å². The molecule has 2 aliphatic heterocycles. The molecule has 2 aromatic carbocycles. The molecule has 2 heterocycles. The maximum Gasteiger partial charge on any atom is 0.285 e. The lowest BCUT2D eigenvalue weighted by Gasteiger charge is -2.33. The van der Waals surface area contributed by atoms with E-state index in [0.717, 1.165) is 5.56 Å². The van der Waals surface area contributed by atoms with Gasteiger partial charge in [-0.25, -0.2) is 0 Å². The van der Waals surface area contributed by atoms with Crippen LogP contribution in [0.4, 0.5) is 0 Å². The van der Waals surface area contributed by atoms with Gasteiger partial charge in [-0.05, 0) is 50.7 Å². The van der Waals surface area contributed by atoms with Crippen LogP contribution in [0, 0.1) is 5.92 Å². The number of amidine groups is 1. The summed E-state index contributed by atoms with van der Waals surface area (Å²) in [6, 6.07) is 14.5. The first-order valence-electron chi connectivity index (χ1n) is 10.7. The molecule has 32 heavy (non-hydrogen) atoms. The Morgan fingerprint density at radius 2 is 1.81 bits per heavy atom. The molecule has 1 saturated heterocycles. The third kappa shape index (κ3) is 4.53. The van der Waals surface area contributed by atoms with E-state index in [1.807, 2.05) is 54.2 Å². The number of carbonyl (C=O) groups excluding carboxylic acids is 1. The lowest BCUT2D eigenvalue weighted by Crippen LogP contribution is -2.44. The maximum absolute atomic E-state index is 12.9. The van der Waals surface area contributed by atoms with E-state index >= 15 is 0 Å². The summed E-state index contributed by atoms with van der Waals surface area (Å²) in [5.41, 5.74) is 1.62. The first-order chi connectivity index (χ1) is 15.3. The van der Waals surface area contributed by atoms with Gasteiger partial charge >= 0.3 is 0 Å². The molecule has 0 bridgehead atoms. The molecule has 0 radical (unpaired) electrons. The second kappa shape index (κ2) is 9.21. The molecule has 170 valence electrons. The summed E-state index contributed by atoms with van der Waals surface area (Å²) in [6.45, 7) is 1.64. The summed E-state index contributed by atoms with van der Waals surface area (Å²) in [7, 11) is 0.292. The standard InChI is InChI=1S/C23H27ClN4O3S/c1-27(2)20(17-7-3-5-9-19(17)24)15-25-23(29)16-11-13-28(14-12-16)22-18-8-4-6-10-21(18)32(30,31)26-22/h3-10,16,20H,11-15H2,1-2H3,(H,25,29)/t20-/m0/s1. The van der Waals surface area contributed by atoms with Crippen LogP contribution >= 0.6 is 11.6 Å². The fourth-order valence-corrected chi connectivity index (χ4v) is 5.82. The van der Waals surface area contributed by atoms with E-state index in [4.69, 9.17) is 11.6 Å². The first kappa shape index (κ1) is 22.8. The Balaban J connectivity index is 1.37. The number of nitrogens with one attached hydrogen (secondary N) is 1. The van der Waals surface area contributed by atoms with Gasteiger partial charge in [-0.1, -0.05) is 41.9 Å². The lowest BCUT2D eigenvalue weighted by atomic mass is 9.95. The molecule has 9 heteroatoms. The van der Waals surface area contributed by atoms with E-state index in [1.165, 1.54) is 0 Å². The van der Waals surface area contributed by atoms with Crippen LogP contribution in [0.5, 0.6) is 0 Å². The van der Waals surface area contributed by atoms with Crippen LogP contribution < -0.4 is 5.32 Å². The zero-order valence-corrected chi connectivity index (χ0v) is 19.7. The average Bonchev–Trinajstić information content (AvgIpc) is 3.06. The van der Waals surface area contributed by atoms with Crippen LogP contribution in [0.1, 0.15) is 30.0 Å². The number of sulfonamides is 1. The quantitative estimate of drug-likeness (QED) is 0.720. The van der Waals surface area contributed by atoms with Crippen LogP contribution in [0.2, 0.25) is 5.02 Å². The highest BCUT2D eigenvalue weighted by Crippen LogP contribution is 2.30. The second-order valence-electron chi connectivity index (χ2n) is 8.39. The van der Waals surface area contributed by atoms with Crippen molar-refractivity contribution in [1.29, 1.82) is 0 Å². The number of nitrogens with zero attached hydrogens (tertiary/aromatic N) is 3. The molecule has 1 amide bonds. The molecule has 0 aromatic heterocycles. The molecular weight excluding hydrogens is 448 g/mol. The minimum absolute atomic E-state index is 0.0185. The zero-order valence-electron chi connectivity index (χ0n) is 18.2. The number of carbonyl (C=O) groups is 1. The molecule has 7 nitrogen and oxygen atoms in total. The summed E-state index contributed by atoms with van der Waals surface area (Å²) in [6.07, 6.45) is 1.29. The highest BCUT2D eigenvalue weighted by Gasteiger charge is 2.34. The van der Waals surface area contributed by atoms with Crippen LogP contribution in [0.3, 0.4) is 0 Å². The second-order valence-corrected chi connectivity index (χ2v) is 10.4. The Labute approximate surface area is 194 Å². The van der Waals surface area contributed by atoms with Crippen molar-refractivity contribution in [2.75, 3.05) is 33.7 Å². The van der Waals surface area contributed by atoms with Crippen LogP contribution in [0.25, 0.3) is 0 Å². The summed E-state index contributed by atoms with van der Waals surface area (Å²) < 4.78 is 28.7. The lowest BCUT2D eigenvalue weighted by molar-refractivity contribution is -0.126. The van der Waals surface area contributed by atoms with Crippen molar-refractivity contribution in [2.45, 2.75) is 23.8 Å². The Morgan fingerprint density at radius 1 is 1.16 bits per heavy atom. The van der Waals surface area contributed by atoms with E-state index in [1.54, 1.807) is 18.2 Å². The number of piperidine rings is 1. The third-order valence-corrected chi connectivity index (χ3v) is 7.80. The number of fused-ring (bicyclic) bond motifs is 1. The van der Waals surface area contributed by atoms with Gasteiger partial charge in [0.2, 0.25) is 5.91 Å². The average molecular weight is 475 g/mol. The topological polar surface area (TPSA) is 82.1 Å². The Hall–Kier alpha value is -2.42. The minimum atomic E-state index is -3.64. The van der Waals surface area contributed by atoms with Gasteiger partial charge in [0.15, 0.2) is 5.84 Å². The minimum Gasteiger partial charge on any atom is -0.355 e. The number of hydrogen-bond acceptors (Lipinski definition) is 5.